The normalized spacial score (nSPS) is 14.9. The lowest BCUT2D eigenvalue weighted by atomic mass is 10.0. The van der Waals surface area contributed by atoms with E-state index in [9.17, 15) is 4.79 Å². The second-order valence-electron chi connectivity index (χ2n) is 7.24. The number of rotatable bonds is 8. The van der Waals surface area contributed by atoms with E-state index >= 15 is 0 Å². The molecule has 0 spiro atoms. The summed E-state index contributed by atoms with van der Waals surface area (Å²) in [7, 11) is 0. The number of ether oxygens (including phenoxy) is 3. The maximum atomic E-state index is 11.8. The molecule has 1 aliphatic heterocycles. The highest BCUT2D eigenvalue weighted by Gasteiger charge is 2.26. The molecule has 0 unspecified atom stereocenters. The molecule has 0 bridgehead atoms. The highest BCUT2D eigenvalue weighted by molar-refractivity contribution is 5.64. The summed E-state index contributed by atoms with van der Waals surface area (Å²) in [6.07, 6.45) is 0.831. The van der Waals surface area contributed by atoms with Crippen molar-refractivity contribution < 1.29 is 14.2 Å². The largest absolute Gasteiger partial charge is 0.490 e. The number of benzene rings is 2. The third kappa shape index (κ3) is 4.54. The zero-order valence-corrected chi connectivity index (χ0v) is 17.3. The van der Waals surface area contributed by atoms with Crippen LogP contribution >= 0.6 is 0 Å². The van der Waals surface area contributed by atoms with Gasteiger partial charge in [-0.1, -0.05) is 43.3 Å². The molecule has 0 aliphatic carbocycles. The summed E-state index contributed by atoms with van der Waals surface area (Å²) >= 11 is 0. The number of nitrogens with zero attached hydrogens (tertiary/aromatic N) is 2. The summed E-state index contributed by atoms with van der Waals surface area (Å²) in [6.45, 7) is 5.96. The molecule has 0 amide bonds. The van der Waals surface area contributed by atoms with Crippen LogP contribution in [0.25, 0.3) is 11.1 Å². The summed E-state index contributed by atoms with van der Waals surface area (Å²) < 4.78 is 19.1. The van der Waals surface area contributed by atoms with Crippen LogP contribution in [0.1, 0.15) is 25.1 Å². The summed E-state index contributed by atoms with van der Waals surface area (Å²) in [5.74, 6) is 0.778. The van der Waals surface area contributed by atoms with E-state index in [4.69, 9.17) is 14.2 Å². The number of fused-ring (bicyclic) bond motifs is 1. The van der Waals surface area contributed by atoms with Crippen molar-refractivity contribution in [1.29, 1.82) is 0 Å². The maximum absolute atomic E-state index is 11.8. The van der Waals surface area contributed by atoms with E-state index < -0.39 is 0 Å². The van der Waals surface area contributed by atoms with Gasteiger partial charge >= 0.3 is 6.01 Å². The van der Waals surface area contributed by atoms with Crippen LogP contribution in [0.3, 0.4) is 0 Å². The minimum absolute atomic E-state index is 0.207. The Morgan fingerprint density at radius 1 is 1.07 bits per heavy atom. The van der Waals surface area contributed by atoms with Gasteiger partial charge in [0.25, 0.3) is 5.56 Å². The fraction of sp³-hybridized carbons (Fsp3) is 0.333. The molecule has 6 nitrogen and oxygen atoms in total. The van der Waals surface area contributed by atoms with E-state index in [-0.39, 0.29) is 11.7 Å². The number of hydrogen-bond donors (Lipinski definition) is 0. The van der Waals surface area contributed by atoms with Gasteiger partial charge in [-0.05, 0) is 42.2 Å². The third-order valence-electron chi connectivity index (χ3n) is 5.17. The quantitative estimate of drug-likeness (QED) is 0.569. The molecule has 2 aromatic carbocycles. The van der Waals surface area contributed by atoms with E-state index in [2.05, 4.69) is 48.3 Å². The third-order valence-corrected chi connectivity index (χ3v) is 5.17. The van der Waals surface area contributed by atoms with Crippen molar-refractivity contribution in [2.45, 2.75) is 39.5 Å². The second-order valence-corrected chi connectivity index (χ2v) is 7.24. The number of aromatic nitrogens is 2. The smallest absolute Gasteiger partial charge is 0.300 e. The van der Waals surface area contributed by atoms with Gasteiger partial charge in [-0.2, -0.15) is 4.98 Å². The second kappa shape index (κ2) is 9.13. The first kappa shape index (κ1) is 20.2. The average molecular weight is 406 g/mol. The molecule has 6 heteroatoms. The Morgan fingerprint density at radius 3 is 2.43 bits per heavy atom. The highest BCUT2D eigenvalue weighted by atomic mass is 16.6. The summed E-state index contributed by atoms with van der Waals surface area (Å²) in [6, 6.07) is 18.5. The Morgan fingerprint density at radius 2 is 1.77 bits per heavy atom. The zero-order chi connectivity index (χ0) is 20.9. The van der Waals surface area contributed by atoms with Crippen molar-refractivity contribution in [2.24, 2.45) is 0 Å². The lowest BCUT2D eigenvalue weighted by Crippen LogP contribution is -2.23. The topological polar surface area (TPSA) is 62.6 Å². The van der Waals surface area contributed by atoms with Crippen molar-refractivity contribution in [2.75, 3.05) is 13.2 Å². The number of hydrogen-bond acceptors (Lipinski definition) is 5. The Balaban J connectivity index is 1.37. The number of aryl methyl sites for hydroxylation is 1. The van der Waals surface area contributed by atoms with Crippen molar-refractivity contribution >= 4 is 0 Å². The minimum atomic E-state index is -0.319. The van der Waals surface area contributed by atoms with Crippen molar-refractivity contribution in [3.8, 4) is 22.9 Å². The molecule has 4 rings (SSSR count). The van der Waals surface area contributed by atoms with Crippen molar-refractivity contribution in [3.05, 3.63) is 76.2 Å². The van der Waals surface area contributed by atoms with Gasteiger partial charge in [-0.15, -0.1) is 0 Å². The Bertz CT molecular complexity index is 1040. The lowest BCUT2D eigenvalue weighted by Gasteiger charge is -2.12. The summed E-state index contributed by atoms with van der Waals surface area (Å²) in [4.78, 5) is 15.8. The van der Waals surface area contributed by atoms with E-state index in [0.29, 0.717) is 32.4 Å². The highest BCUT2D eigenvalue weighted by Crippen LogP contribution is 2.24. The lowest BCUT2D eigenvalue weighted by molar-refractivity contribution is 0.127. The molecule has 3 aromatic rings. The minimum Gasteiger partial charge on any atom is -0.490 e. The van der Waals surface area contributed by atoms with Crippen LogP contribution in [0.4, 0.5) is 0 Å². The molecule has 0 saturated heterocycles. The van der Waals surface area contributed by atoms with Gasteiger partial charge in [0.1, 0.15) is 12.4 Å². The molecule has 0 radical (unpaired) electrons. The van der Waals surface area contributed by atoms with Gasteiger partial charge in [-0.25, -0.2) is 0 Å². The molecule has 156 valence electrons. The van der Waals surface area contributed by atoms with Crippen LogP contribution in [-0.2, 0) is 24.3 Å². The first-order valence-corrected chi connectivity index (χ1v) is 10.3. The molecule has 1 aromatic heterocycles. The molecule has 0 N–H and O–H groups in total. The van der Waals surface area contributed by atoms with E-state index in [1.807, 2.05) is 23.6 Å². The Kier molecular flexibility index (Phi) is 6.14. The summed E-state index contributed by atoms with van der Waals surface area (Å²) in [5.41, 5.74) is 4.12. The van der Waals surface area contributed by atoms with E-state index in [1.165, 1.54) is 17.2 Å². The Labute approximate surface area is 176 Å². The first-order valence-electron chi connectivity index (χ1n) is 10.3. The molecule has 0 saturated carbocycles. The van der Waals surface area contributed by atoms with Gasteiger partial charge in [-0.3, -0.25) is 9.36 Å². The fourth-order valence-corrected chi connectivity index (χ4v) is 3.48. The molecule has 2 heterocycles. The predicted molar refractivity (Wildman–Crippen MR) is 115 cm³/mol. The average Bonchev–Trinajstić information content (AvgIpc) is 3.19. The molecule has 0 fully saturated rings. The summed E-state index contributed by atoms with van der Waals surface area (Å²) in [5, 5.41) is 0. The van der Waals surface area contributed by atoms with Crippen LogP contribution < -0.4 is 15.0 Å². The molecule has 1 aliphatic rings. The Hall–Kier alpha value is -3.12. The van der Waals surface area contributed by atoms with E-state index in [1.54, 1.807) is 0 Å². The van der Waals surface area contributed by atoms with Gasteiger partial charge in [0.05, 0.1) is 18.8 Å². The van der Waals surface area contributed by atoms with Crippen LogP contribution in [0.5, 0.6) is 11.8 Å². The van der Waals surface area contributed by atoms with Crippen LogP contribution in [0.15, 0.2) is 59.4 Å². The van der Waals surface area contributed by atoms with Gasteiger partial charge in [0.15, 0.2) is 6.10 Å². The molecule has 30 heavy (non-hydrogen) atoms. The zero-order valence-electron chi connectivity index (χ0n) is 17.3. The molecular formula is C24H26N2O4. The van der Waals surface area contributed by atoms with Crippen LogP contribution in [0, 0.1) is 0 Å². The van der Waals surface area contributed by atoms with Crippen molar-refractivity contribution in [1.82, 2.24) is 9.55 Å². The van der Waals surface area contributed by atoms with Gasteiger partial charge in [0.2, 0.25) is 0 Å². The maximum Gasteiger partial charge on any atom is 0.300 e. The SMILES string of the molecule is CCOCc1cc(=O)nc2n1C[C@@H](COc1ccc(-c3ccc(CC)cc3)cc1)O2. The van der Waals surface area contributed by atoms with E-state index in [0.717, 1.165) is 23.4 Å². The monoisotopic (exact) mass is 406 g/mol. The standard InChI is InChI=1S/C24H26N2O4/c1-3-17-5-7-18(8-6-17)19-9-11-21(12-10-19)29-16-22-14-26-20(15-28-4-2)13-23(27)25-24(26)30-22/h5-13,22H,3-4,14-16H2,1-2H3/t22-/m0/s1. The van der Waals surface area contributed by atoms with Gasteiger partial charge in [0, 0.05) is 12.7 Å². The predicted octanol–water partition coefficient (Wildman–Crippen LogP) is 3.85. The molecule has 1 atom stereocenters. The molecular weight excluding hydrogens is 380 g/mol. The van der Waals surface area contributed by atoms with Gasteiger partial charge < -0.3 is 14.2 Å². The van der Waals surface area contributed by atoms with Crippen molar-refractivity contribution in [3.63, 3.8) is 0 Å². The van der Waals surface area contributed by atoms with Crippen LogP contribution in [0.2, 0.25) is 0 Å². The van der Waals surface area contributed by atoms with Crippen LogP contribution in [-0.4, -0.2) is 28.9 Å². The fourth-order valence-electron chi connectivity index (χ4n) is 3.48. The first-order chi connectivity index (χ1) is 14.7.